The van der Waals surface area contributed by atoms with Crippen LogP contribution in [0, 0.1) is 11.7 Å². The molecule has 3 N–H and O–H groups in total. The van der Waals surface area contributed by atoms with E-state index in [1.54, 1.807) is 6.07 Å². The minimum atomic E-state index is -0.211. The van der Waals surface area contributed by atoms with Crippen molar-refractivity contribution in [3.63, 3.8) is 0 Å². The van der Waals surface area contributed by atoms with Crippen molar-refractivity contribution in [1.82, 2.24) is 0 Å². The fourth-order valence-corrected chi connectivity index (χ4v) is 2.79. The molecule has 1 saturated carbocycles. The van der Waals surface area contributed by atoms with Crippen molar-refractivity contribution in [2.75, 3.05) is 11.9 Å². The van der Waals surface area contributed by atoms with Crippen molar-refractivity contribution >= 4 is 21.6 Å². The van der Waals surface area contributed by atoms with Crippen LogP contribution in [0.15, 0.2) is 22.7 Å². The highest BCUT2D eigenvalue weighted by atomic mass is 79.9. The summed E-state index contributed by atoms with van der Waals surface area (Å²) in [6.45, 7) is 0.670. The Kier molecular flexibility index (Phi) is 3.82. The first-order valence-corrected chi connectivity index (χ1v) is 6.42. The van der Waals surface area contributed by atoms with Gasteiger partial charge in [0.15, 0.2) is 0 Å². The fraction of sp³-hybridized carbons (Fsp3) is 0.500. The van der Waals surface area contributed by atoms with Gasteiger partial charge in [-0.15, -0.1) is 0 Å². The largest absolute Gasteiger partial charge is 0.379 e. The zero-order valence-electron chi connectivity index (χ0n) is 9.05. The molecule has 1 fully saturated rings. The van der Waals surface area contributed by atoms with E-state index < -0.39 is 0 Å². The zero-order chi connectivity index (χ0) is 11.5. The van der Waals surface area contributed by atoms with Gasteiger partial charge in [-0.25, -0.2) is 4.39 Å². The van der Waals surface area contributed by atoms with E-state index >= 15 is 0 Å². The van der Waals surface area contributed by atoms with Gasteiger partial charge in [0.2, 0.25) is 0 Å². The number of halogens is 2. The van der Waals surface area contributed by atoms with Gasteiger partial charge in [-0.2, -0.15) is 0 Å². The monoisotopic (exact) mass is 286 g/mol. The van der Waals surface area contributed by atoms with Crippen LogP contribution >= 0.6 is 15.9 Å². The van der Waals surface area contributed by atoms with Crippen molar-refractivity contribution in [2.24, 2.45) is 11.7 Å². The van der Waals surface area contributed by atoms with Gasteiger partial charge in [0.25, 0.3) is 0 Å². The zero-order valence-corrected chi connectivity index (χ0v) is 10.6. The first-order chi connectivity index (χ1) is 7.72. The molecule has 1 aromatic rings. The highest BCUT2D eigenvalue weighted by Gasteiger charge is 2.26. The minimum Gasteiger partial charge on any atom is -0.379 e. The predicted molar refractivity (Wildman–Crippen MR) is 67.9 cm³/mol. The number of anilines is 1. The van der Waals surface area contributed by atoms with Crippen LogP contribution in [0.25, 0.3) is 0 Å². The molecule has 0 amide bonds. The highest BCUT2D eigenvalue weighted by molar-refractivity contribution is 9.10. The summed E-state index contributed by atoms with van der Waals surface area (Å²) >= 11 is 3.36. The topological polar surface area (TPSA) is 38.0 Å². The molecule has 0 spiro atoms. The number of benzene rings is 1. The molecule has 2 atom stereocenters. The Morgan fingerprint density at radius 3 is 2.94 bits per heavy atom. The molecule has 1 aromatic carbocycles. The molecule has 1 aliphatic rings. The molecule has 16 heavy (non-hydrogen) atoms. The van der Waals surface area contributed by atoms with Gasteiger partial charge in [0.1, 0.15) is 5.82 Å². The van der Waals surface area contributed by atoms with Gasteiger partial charge in [-0.1, -0.05) is 12.5 Å². The Morgan fingerprint density at radius 2 is 2.25 bits per heavy atom. The third-order valence-electron chi connectivity index (χ3n) is 3.25. The Bertz CT molecular complexity index is 350. The molecule has 2 rings (SSSR count). The van der Waals surface area contributed by atoms with Crippen molar-refractivity contribution in [3.8, 4) is 0 Å². The molecule has 2 nitrogen and oxygen atoms in total. The summed E-state index contributed by atoms with van der Waals surface area (Å²) < 4.78 is 14.4. The standard InChI is InChI=1S/C12H16BrFN2/c13-9-4-2-5-10(14)12(9)16-11-6-1-3-8(11)7-15/h2,4-5,8,11,16H,1,3,6-7,15H2. The van der Waals surface area contributed by atoms with Crippen molar-refractivity contribution in [3.05, 3.63) is 28.5 Å². The Balaban J connectivity index is 2.14. The first-order valence-electron chi connectivity index (χ1n) is 5.63. The molecule has 0 aromatic heterocycles. The van der Waals surface area contributed by atoms with Crippen molar-refractivity contribution in [1.29, 1.82) is 0 Å². The third kappa shape index (κ3) is 2.38. The number of para-hydroxylation sites is 1. The lowest BCUT2D eigenvalue weighted by Crippen LogP contribution is -2.29. The number of hydrogen-bond donors (Lipinski definition) is 2. The summed E-state index contributed by atoms with van der Waals surface area (Å²) in [6.07, 6.45) is 3.38. The maximum Gasteiger partial charge on any atom is 0.147 e. The summed E-state index contributed by atoms with van der Waals surface area (Å²) in [7, 11) is 0. The lowest BCUT2D eigenvalue weighted by atomic mass is 10.0. The summed E-state index contributed by atoms with van der Waals surface area (Å²) in [5, 5.41) is 3.28. The second kappa shape index (κ2) is 5.15. The molecule has 0 saturated heterocycles. The summed E-state index contributed by atoms with van der Waals surface area (Å²) in [5.41, 5.74) is 6.27. The van der Waals surface area contributed by atoms with E-state index in [1.165, 1.54) is 12.5 Å². The van der Waals surface area contributed by atoms with Crippen LogP contribution in [0.2, 0.25) is 0 Å². The minimum absolute atomic E-state index is 0.211. The van der Waals surface area contributed by atoms with E-state index in [-0.39, 0.29) is 5.82 Å². The number of rotatable bonds is 3. The van der Waals surface area contributed by atoms with E-state index in [0.717, 1.165) is 17.3 Å². The Morgan fingerprint density at radius 1 is 1.44 bits per heavy atom. The van der Waals surface area contributed by atoms with Gasteiger partial charge in [-0.3, -0.25) is 0 Å². The summed E-state index contributed by atoms with van der Waals surface area (Å²) in [4.78, 5) is 0. The number of nitrogens with two attached hydrogens (primary N) is 1. The van der Waals surface area contributed by atoms with Crippen LogP contribution in [0.3, 0.4) is 0 Å². The van der Waals surface area contributed by atoms with E-state index in [9.17, 15) is 4.39 Å². The maximum atomic E-state index is 13.6. The van der Waals surface area contributed by atoms with Crippen LogP contribution in [0.4, 0.5) is 10.1 Å². The molecule has 0 heterocycles. The molecular weight excluding hydrogens is 271 g/mol. The van der Waals surface area contributed by atoms with Crippen LogP contribution in [-0.4, -0.2) is 12.6 Å². The smallest absolute Gasteiger partial charge is 0.147 e. The van der Waals surface area contributed by atoms with Crippen LogP contribution in [0.1, 0.15) is 19.3 Å². The fourth-order valence-electron chi connectivity index (χ4n) is 2.33. The van der Waals surface area contributed by atoms with Gasteiger partial charge < -0.3 is 11.1 Å². The number of hydrogen-bond acceptors (Lipinski definition) is 2. The molecule has 1 aliphatic carbocycles. The Labute approximate surface area is 104 Å². The first kappa shape index (κ1) is 11.9. The van der Waals surface area contributed by atoms with E-state index in [0.29, 0.717) is 24.2 Å². The molecule has 0 bridgehead atoms. The van der Waals surface area contributed by atoms with Crippen LogP contribution in [-0.2, 0) is 0 Å². The third-order valence-corrected chi connectivity index (χ3v) is 3.92. The highest BCUT2D eigenvalue weighted by Crippen LogP contribution is 2.32. The second-order valence-electron chi connectivity index (χ2n) is 4.27. The molecule has 0 radical (unpaired) electrons. The van der Waals surface area contributed by atoms with Crippen LogP contribution in [0.5, 0.6) is 0 Å². The quantitative estimate of drug-likeness (QED) is 0.896. The van der Waals surface area contributed by atoms with E-state index in [2.05, 4.69) is 21.2 Å². The second-order valence-corrected chi connectivity index (χ2v) is 5.13. The maximum absolute atomic E-state index is 13.6. The summed E-state index contributed by atoms with van der Waals surface area (Å²) in [5.74, 6) is 0.253. The van der Waals surface area contributed by atoms with Gasteiger partial charge in [0.05, 0.1) is 5.69 Å². The average Bonchev–Trinajstić information content (AvgIpc) is 2.71. The molecule has 4 heteroatoms. The molecule has 88 valence electrons. The van der Waals surface area contributed by atoms with Crippen LogP contribution < -0.4 is 11.1 Å². The van der Waals surface area contributed by atoms with Crippen molar-refractivity contribution in [2.45, 2.75) is 25.3 Å². The molecular formula is C12H16BrFN2. The lowest BCUT2D eigenvalue weighted by molar-refractivity contribution is 0.512. The Hall–Kier alpha value is -0.610. The van der Waals surface area contributed by atoms with E-state index in [4.69, 9.17) is 5.73 Å². The van der Waals surface area contributed by atoms with Gasteiger partial charge >= 0.3 is 0 Å². The number of nitrogens with one attached hydrogen (secondary N) is 1. The molecule has 0 aliphatic heterocycles. The normalized spacial score (nSPS) is 24.7. The van der Waals surface area contributed by atoms with E-state index in [1.807, 2.05) is 6.07 Å². The SMILES string of the molecule is NCC1CCCC1Nc1c(F)cccc1Br. The van der Waals surface area contributed by atoms with Gasteiger partial charge in [-0.05, 0) is 53.4 Å². The lowest BCUT2D eigenvalue weighted by Gasteiger charge is -2.21. The molecule has 2 unspecified atom stereocenters. The summed E-state index contributed by atoms with van der Waals surface area (Å²) in [6, 6.07) is 5.31. The average molecular weight is 287 g/mol. The van der Waals surface area contributed by atoms with Crippen molar-refractivity contribution < 1.29 is 4.39 Å². The predicted octanol–water partition coefficient (Wildman–Crippen LogP) is 3.13. The van der Waals surface area contributed by atoms with Gasteiger partial charge in [0, 0.05) is 10.5 Å².